The molecule has 0 aromatic heterocycles. The number of azo groups is 1. The van der Waals surface area contributed by atoms with Crippen LogP contribution in [-0.2, 0) is 10.1 Å². The fraction of sp³-hybridized carbons (Fsp3) is 0. The molecule has 3 aromatic carbocycles. The first-order valence-corrected chi connectivity index (χ1v) is 9.26. The SMILES string of the molecule is O=[N+]([O-])c1ccccc1-c1cc(S(=O)(=O)O)cc(N=Nc2ccccc2)c1O. The van der Waals surface area contributed by atoms with Gasteiger partial charge < -0.3 is 5.11 Å². The van der Waals surface area contributed by atoms with E-state index in [0.29, 0.717) is 5.69 Å². The molecule has 0 fully saturated rings. The lowest BCUT2D eigenvalue weighted by Gasteiger charge is -2.10. The molecule has 0 saturated heterocycles. The molecule has 0 unspecified atom stereocenters. The largest absolute Gasteiger partial charge is 0.505 e. The zero-order valence-electron chi connectivity index (χ0n) is 14.1. The summed E-state index contributed by atoms with van der Waals surface area (Å²) in [5.41, 5.74) is -0.397. The van der Waals surface area contributed by atoms with Crippen molar-refractivity contribution in [2.45, 2.75) is 4.90 Å². The number of phenolic OH excluding ortho intramolecular Hbond substituents is 1. The van der Waals surface area contributed by atoms with Crippen molar-refractivity contribution in [3.63, 3.8) is 0 Å². The number of hydrogen-bond donors (Lipinski definition) is 2. The van der Waals surface area contributed by atoms with Crippen molar-refractivity contribution in [3.05, 3.63) is 76.8 Å². The highest BCUT2D eigenvalue weighted by molar-refractivity contribution is 7.85. The molecule has 0 aliphatic carbocycles. The second-order valence-corrected chi connectivity index (χ2v) is 7.04. The van der Waals surface area contributed by atoms with Crippen molar-refractivity contribution in [2.24, 2.45) is 10.2 Å². The Labute approximate surface area is 159 Å². The number of para-hydroxylation sites is 1. The highest BCUT2D eigenvalue weighted by atomic mass is 32.2. The topological polar surface area (TPSA) is 142 Å². The molecule has 9 nitrogen and oxygen atoms in total. The fourth-order valence-corrected chi connectivity index (χ4v) is 3.02. The van der Waals surface area contributed by atoms with Crippen LogP contribution in [0.4, 0.5) is 17.1 Å². The molecule has 3 rings (SSSR count). The molecule has 0 aliphatic heterocycles. The summed E-state index contributed by atoms with van der Waals surface area (Å²) < 4.78 is 32.7. The van der Waals surface area contributed by atoms with Crippen LogP contribution < -0.4 is 0 Å². The highest BCUT2D eigenvalue weighted by Gasteiger charge is 2.23. The van der Waals surface area contributed by atoms with E-state index in [9.17, 15) is 28.2 Å². The van der Waals surface area contributed by atoms with Gasteiger partial charge in [-0.05, 0) is 30.3 Å². The lowest BCUT2D eigenvalue weighted by molar-refractivity contribution is -0.384. The van der Waals surface area contributed by atoms with E-state index in [0.717, 1.165) is 12.1 Å². The first-order chi connectivity index (χ1) is 13.3. The smallest absolute Gasteiger partial charge is 0.294 e. The predicted molar refractivity (Wildman–Crippen MR) is 101 cm³/mol. The van der Waals surface area contributed by atoms with Gasteiger partial charge in [0.05, 0.1) is 21.1 Å². The molecular weight excluding hydrogens is 386 g/mol. The lowest BCUT2D eigenvalue weighted by Crippen LogP contribution is -1.99. The summed E-state index contributed by atoms with van der Waals surface area (Å²) in [6, 6.07) is 15.8. The Morgan fingerprint density at radius 2 is 1.54 bits per heavy atom. The molecule has 28 heavy (non-hydrogen) atoms. The molecular formula is C18H13N3O6S. The molecule has 3 aromatic rings. The molecule has 0 spiro atoms. The Balaban J connectivity index is 2.24. The number of aromatic hydroxyl groups is 1. The molecule has 0 radical (unpaired) electrons. The predicted octanol–water partition coefficient (Wildman–Crippen LogP) is 4.63. The van der Waals surface area contributed by atoms with Gasteiger partial charge in [-0.2, -0.15) is 13.5 Å². The molecule has 0 heterocycles. The van der Waals surface area contributed by atoms with E-state index in [2.05, 4.69) is 10.2 Å². The maximum absolute atomic E-state index is 11.6. The summed E-state index contributed by atoms with van der Waals surface area (Å²) in [6.45, 7) is 0. The van der Waals surface area contributed by atoms with Gasteiger partial charge in [0.1, 0.15) is 5.69 Å². The van der Waals surface area contributed by atoms with Gasteiger partial charge in [0.25, 0.3) is 15.8 Å². The molecule has 10 heteroatoms. The van der Waals surface area contributed by atoms with Gasteiger partial charge in [-0.25, -0.2) is 0 Å². The second kappa shape index (κ2) is 7.55. The van der Waals surface area contributed by atoms with E-state index in [1.165, 1.54) is 24.3 Å². The first-order valence-electron chi connectivity index (χ1n) is 7.82. The number of nitrogens with zero attached hydrogens (tertiary/aromatic N) is 3. The minimum absolute atomic E-state index is 0.0355. The second-order valence-electron chi connectivity index (χ2n) is 5.62. The lowest BCUT2D eigenvalue weighted by atomic mass is 10.0. The number of hydrogen-bond acceptors (Lipinski definition) is 7. The fourth-order valence-electron chi connectivity index (χ4n) is 2.49. The van der Waals surface area contributed by atoms with Crippen molar-refractivity contribution in [2.75, 3.05) is 0 Å². The van der Waals surface area contributed by atoms with Crippen molar-refractivity contribution in [3.8, 4) is 16.9 Å². The summed E-state index contributed by atoms with van der Waals surface area (Å²) >= 11 is 0. The van der Waals surface area contributed by atoms with Gasteiger partial charge in [-0.3, -0.25) is 14.7 Å². The van der Waals surface area contributed by atoms with Gasteiger partial charge in [-0.15, -0.1) is 5.11 Å². The minimum atomic E-state index is -4.67. The standard InChI is InChI=1S/C18H13N3O6S/c22-18-15(14-8-4-5-9-17(14)21(23)24)10-13(28(25,26)27)11-16(18)20-19-12-6-2-1-3-7-12/h1-11,22H,(H,25,26,27). The number of rotatable bonds is 5. The molecule has 0 saturated carbocycles. The van der Waals surface area contributed by atoms with Crippen molar-refractivity contribution in [1.29, 1.82) is 0 Å². The van der Waals surface area contributed by atoms with Crippen molar-refractivity contribution in [1.82, 2.24) is 0 Å². The quantitative estimate of drug-likeness (QED) is 0.277. The summed E-state index contributed by atoms with van der Waals surface area (Å²) in [7, 11) is -4.67. The van der Waals surface area contributed by atoms with E-state index in [1.54, 1.807) is 30.3 Å². The average molecular weight is 399 g/mol. The van der Waals surface area contributed by atoms with Crippen LogP contribution in [0.3, 0.4) is 0 Å². The van der Waals surface area contributed by atoms with Crippen molar-refractivity contribution >= 4 is 27.2 Å². The van der Waals surface area contributed by atoms with Crippen LogP contribution in [0.2, 0.25) is 0 Å². The van der Waals surface area contributed by atoms with Crippen LogP contribution in [0.1, 0.15) is 0 Å². The molecule has 0 amide bonds. The van der Waals surface area contributed by atoms with E-state index < -0.39 is 25.7 Å². The third kappa shape index (κ3) is 4.03. The Morgan fingerprint density at radius 1 is 0.893 bits per heavy atom. The zero-order valence-corrected chi connectivity index (χ0v) is 14.9. The monoisotopic (exact) mass is 399 g/mol. The average Bonchev–Trinajstić information content (AvgIpc) is 2.67. The van der Waals surface area contributed by atoms with Crippen LogP contribution in [0.15, 0.2) is 81.9 Å². The van der Waals surface area contributed by atoms with Gasteiger partial charge in [0.2, 0.25) is 0 Å². The Kier molecular flexibility index (Phi) is 5.16. The summed E-state index contributed by atoms with van der Waals surface area (Å²) in [5.74, 6) is -0.513. The van der Waals surface area contributed by atoms with Crippen LogP contribution in [0, 0.1) is 10.1 Å². The van der Waals surface area contributed by atoms with E-state index in [4.69, 9.17) is 0 Å². The zero-order chi connectivity index (χ0) is 20.3. The third-order valence-electron chi connectivity index (χ3n) is 3.78. The molecule has 0 aliphatic rings. The summed E-state index contributed by atoms with van der Waals surface area (Å²) in [4.78, 5) is 10.0. The number of benzene rings is 3. The van der Waals surface area contributed by atoms with Gasteiger partial charge >= 0.3 is 0 Å². The van der Waals surface area contributed by atoms with Gasteiger partial charge in [0.15, 0.2) is 5.75 Å². The minimum Gasteiger partial charge on any atom is -0.505 e. The van der Waals surface area contributed by atoms with Crippen molar-refractivity contribution < 1.29 is 23.0 Å². The van der Waals surface area contributed by atoms with Crippen LogP contribution in [0.5, 0.6) is 5.75 Å². The van der Waals surface area contributed by atoms with Gasteiger partial charge in [0, 0.05) is 11.6 Å². The van der Waals surface area contributed by atoms with Crippen LogP contribution in [-0.4, -0.2) is 23.0 Å². The number of phenols is 1. The normalized spacial score (nSPS) is 11.6. The van der Waals surface area contributed by atoms with Crippen LogP contribution in [0.25, 0.3) is 11.1 Å². The third-order valence-corrected chi connectivity index (χ3v) is 4.61. The Morgan fingerprint density at radius 3 is 2.18 bits per heavy atom. The van der Waals surface area contributed by atoms with Crippen LogP contribution >= 0.6 is 0 Å². The molecule has 0 bridgehead atoms. The number of nitro groups is 1. The summed E-state index contributed by atoms with van der Waals surface area (Å²) in [6.07, 6.45) is 0. The molecule has 142 valence electrons. The first kappa shape index (κ1) is 19.1. The Hall–Kier alpha value is -3.63. The Bertz CT molecular complexity index is 1180. The van der Waals surface area contributed by atoms with Gasteiger partial charge in [-0.1, -0.05) is 30.3 Å². The maximum atomic E-state index is 11.6. The van der Waals surface area contributed by atoms with E-state index >= 15 is 0 Å². The highest BCUT2D eigenvalue weighted by Crippen LogP contribution is 2.43. The maximum Gasteiger partial charge on any atom is 0.294 e. The van der Waals surface area contributed by atoms with E-state index in [1.807, 2.05) is 0 Å². The number of nitro benzene ring substituents is 1. The van der Waals surface area contributed by atoms with E-state index in [-0.39, 0.29) is 22.5 Å². The summed E-state index contributed by atoms with van der Waals surface area (Å²) in [5, 5.41) is 29.6. The molecule has 0 atom stereocenters. The molecule has 2 N–H and O–H groups in total.